The SMILES string of the molecule is C=C[C@H]1CN2CC[C@H]1C[C@@H]2[C@](CN)(O[Si](C)(C)C(C)(C)C)c1ccnc2ccccc12. The zero-order valence-electron chi connectivity index (χ0n) is 19.9. The Labute approximate surface area is 189 Å². The first-order chi connectivity index (χ1) is 14.6. The molecule has 5 rings (SSSR count). The highest BCUT2D eigenvalue weighted by Gasteiger charge is 2.54. The Hall–Kier alpha value is -1.53. The molecule has 4 heterocycles. The van der Waals surface area contributed by atoms with Crippen molar-refractivity contribution in [2.45, 2.75) is 63.4 Å². The van der Waals surface area contributed by atoms with E-state index < -0.39 is 13.9 Å². The van der Waals surface area contributed by atoms with Crippen molar-refractivity contribution in [2.75, 3.05) is 19.6 Å². The maximum absolute atomic E-state index is 7.41. The molecule has 31 heavy (non-hydrogen) atoms. The van der Waals surface area contributed by atoms with E-state index >= 15 is 0 Å². The van der Waals surface area contributed by atoms with Gasteiger partial charge in [-0.15, -0.1) is 6.58 Å². The zero-order valence-corrected chi connectivity index (χ0v) is 20.9. The van der Waals surface area contributed by atoms with Crippen molar-refractivity contribution in [1.82, 2.24) is 9.88 Å². The largest absolute Gasteiger partial charge is 0.404 e. The molecule has 5 heteroatoms. The minimum Gasteiger partial charge on any atom is -0.404 e. The summed E-state index contributed by atoms with van der Waals surface area (Å²) in [5, 5.41) is 1.26. The van der Waals surface area contributed by atoms with Crippen LogP contribution in [0.4, 0.5) is 0 Å². The van der Waals surface area contributed by atoms with E-state index in [1.165, 1.54) is 12.0 Å². The number of piperidine rings is 3. The second-order valence-corrected chi connectivity index (χ2v) is 15.8. The Balaban J connectivity index is 1.89. The van der Waals surface area contributed by atoms with Gasteiger partial charge in [-0.1, -0.05) is 45.0 Å². The number of nitrogens with zero attached hydrogens (tertiary/aromatic N) is 2. The molecule has 1 aromatic carbocycles. The summed E-state index contributed by atoms with van der Waals surface area (Å²) in [6, 6.07) is 10.9. The molecular formula is C26H39N3OSi. The lowest BCUT2D eigenvalue weighted by Gasteiger charge is -2.58. The van der Waals surface area contributed by atoms with Gasteiger partial charge < -0.3 is 10.2 Å². The first-order valence-corrected chi connectivity index (χ1v) is 14.6. The number of benzene rings is 1. The quantitative estimate of drug-likeness (QED) is 0.492. The number of para-hydroxylation sites is 1. The van der Waals surface area contributed by atoms with Gasteiger partial charge in [0.25, 0.3) is 0 Å². The molecule has 0 aliphatic carbocycles. The number of fused-ring (bicyclic) bond motifs is 4. The Morgan fingerprint density at radius 3 is 2.61 bits per heavy atom. The molecule has 1 aromatic heterocycles. The van der Waals surface area contributed by atoms with Crippen LogP contribution in [0.1, 0.15) is 39.2 Å². The Bertz CT molecular complexity index is 948. The van der Waals surface area contributed by atoms with Crippen molar-refractivity contribution >= 4 is 19.2 Å². The molecule has 3 saturated heterocycles. The Kier molecular flexibility index (Phi) is 5.92. The lowest BCUT2D eigenvalue weighted by Crippen LogP contribution is -2.66. The number of nitrogens with two attached hydrogens (primary N) is 1. The summed E-state index contributed by atoms with van der Waals surface area (Å²) in [6.07, 6.45) is 6.44. The topological polar surface area (TPSA) is 51.4 Å². The van der Waals surface area contributed by atoms with Gasteiger partial charge in [0.15, 0.2) is 8.32 Å². The summed E-state index contributed by atoms with van der Waals surface area (Å²) in [5.41, 5.74) is 8.41. The number of hydrogen-bond donors (Lipinski definition) is 1. The van der Waals surface area contributed by atoms with Gasteiger partial charge in [-0.2, -0.15) is 0 Å². The van der Waals surface area contributed by atoms with Gasteiger partial charge in [0.05, 0.1) is 5.52 Å². The van der Waals surface area contributed by atoms with E-state index in [4.69, 9.17) is 10.2 Å². The minimum atomic E-state index is -2.12. The molecule has 0 spiro atoms. The summed E-state index contributed by atoms with van der Waals surface area (Å²) >= 11 is 0. The van der Waals surface area contributed by atoms with Crippen molar-refractivity contribution in [3.05, 3.63) is 54.7 Å². The third-order valence-electron chi connectivity index (χ3n) is 8.30. The normalized spacial score (nSPS) is 28.5. The standard InChI is InChI=1S/C26H39N3OSi/c1-7-19-17-29-15-13-20(19)16-24(29)26(18-27,30-31(5,6)25(2,3)4)22-12-14-28-23-11-9-8-10-21(22)23/h7-12,14,19-20,24H,1,13,15-18,27H2,2-6H3/t19-,20-,24+,26+/m0/s1. The highest BCUT2D eigenvalue weighted by Crippen LogP contribution is 2.50. The molecule has 2 bridgehead atoms. The molecule has 3 fully saturated rings. The number of pyridine rings is 1. The fraction of sp³-hybridized carbons (Fsp3) is 0.577. The third-order valence-corrected chi connectivity index (χ3v) is 12.8. The van der Waals surface area contributed by atoms with Crippen LogP contribution >= 0.6 is 0 Å². The molecule has 3 aliphatic heterocycles. The maximum Gasteiger partial charge on any atom is 0.193 e. The molecule has 0 amide bonds. The van der Waals surface area contributed by atoms with Crippen LogP contribution in [0.25, 0.3) is 10.9 Å². The van der Waals surface area contributed by atoms with Crippen LogP contribution in [0, 0.1) is 11.8 Å². The summed E-state index contributed by atoms with van der Waals surface area (Å²) in [5.74, 6) is 1.23. The van der Waals surface area contributed by atoms with E-state index in [9.17, 15) is 0 Å². The second-order valence-electron chi connectivity index (χ2n) is 11.0. The van der Waals surface area contributed by atoms with E-state index in [0.717, 1.165) is 30.4 Å². The van der Waals surface area contributed by atoms with Crippen LogP contribution in [0.5, 0.6) is 0 Å². The average Bonchev–Trinajstić information content (AvgIpc) is 2.76. The predicted octanol–water partition coefficient (Wildman–Crippen LogP) is 5.31. The first-order valence-electron chi connectivity index (χ1n) is 11.7. The lowest BCUT2D eigenvalue weighted by atomic mass is 9.69. The minimum absolute atomic E-state index is 0.100. The Morgan fingerprint density at radius 1 is 1.26 bits per heavy atom. The third kappa shape index (κ3) is 3.80. The highest BCUT2D eigenvalue weighted by atomic mass is 28.4. The van der Waals surface area contributed by atoms with Crippen LogP contribution in [0.2, 0.25) is 18.1 Å². The Morgan fingerprint density at radius 2 is 2.00 bits per heavy atom. The first kappa shape index (κ1) is 22.7. The fourth-order valence-electron chi connectivity index (χ4n) is 5.48. The number of hydrogen-bond acceptors (Lipinski definition) is 4. The summed E-state index contributed by atoms with van der Waals surface area (Å²) < 4.78 is 7.41. The van der Waals surface area contributed by atoms with E-state index in [1.807, 2.05) is 6.20 Å². The molecule has 168 valence electrons. The highest BCUT2D eigenvalue weighted by molar-refractivity contribution is 6.74. The van der Waals surface area contributed by atoms with E-state index in [-0.39, 0.29) is 11.1 Å². The maximum atomic E-state index is 7.41. The van der Waals surface area contributed by atoms with Crippen molar-refractivity contribution in [2.24, 2.45) is 17.6 Å². The van der Waals surface area contributed by atoms with Gasteiger partial charge in [0.2, 0.25) is 0 Å². The number of rotatable bonds is 6. The monoisotopic (exact) mass is 437 g/mol. The average molecular weight is 438 g/mol. The van der Waals surface area contributed by atoms with Gasteiger partial charge in [-0.3, -0.25) is 9.88 Å². The van der Waals surface area contributed by atoms with Crippen molar-refractivity contribution in [3.63, 3.8) is 0 Å². The van der Waals surface area contributed by atoms with E-state index in [1.54, 1.807) is 0 Å². The van der Waals surface area contributed by atoms with Gasteiger partial charge in [0, 0.05) is 30.7 Å². The lowest BCUT2D eigenvalue weighted by molar-refractivity contribution is -0.0955. The second kappa shape index (κ2) is 8.11. The van der Waals surface area contributed by atoms with E-state index in [0.29, 0.717) is 18.4 Å². The van der Waals surface area contributed by atoms with Gasteiger partial charge in [-0.25, -0.2) is 0 Å². The molecular weight excluding hydrogens is 398 g/mol. The van der Waals surface area contributed by atoms with Crippen molar-refractivity contribution in [1.29, 1.82) is 0 Å². The summed E-state index contributed by atoms with van der Waals surface area (Å²) in [4.78, 5) is 7.28. The molecule has 1 unspecified atom stereocenters. The van der Waals surface area contributed by atoms with Crippen LogP contribution in [0.15, 0.2) is 49.2 Å². The number of aromatic nitrogens is 1. The van der Waals surface area contributed by atoms with E-state index in [2.05, 4.69) is 86.7 Å². The molecule has 4 nitrogen and oxygen atoms in total. The van der Waals surface area contributed by atoms with Gasteiger partial charge in [-0.05, 0) is 67.1 Å². The van der Waals surface area contributed by atoms with Crippen LogP contribution in [-0.2, 0) is 10.0 Å². The molecule has 2 N–H and O–H groups in total. The zero-order chi connectivity index (χ0) is 22.4. The smallest absolute Gasteiger partial charge is 0.193 e. The molecule has 2 aromatic rings. The van der Waals surface area contributed by atoms with Gasteiger partial charge >= 0.3 is 0 Å². The van der Waals surface area contributed by atoms with Crippen LogP contribution < -0.4 is 5.73 Å². The molecule has 3 aliphatic rings. The molecule has 5 atom stereocenters. The summed E-state index contributed by atoms with van der Waals surface area (Å²) in [6.45, 7) is 18.4. The van der Waals surface area contributed by atoms with Crippen molar-refractivity contribution in [3.8, 4) is 0 Å². The van der Waals surface area contributed by atoms with Gasteiger partial charge in [0.1, 0.15) is 5.60 Å². The van der Waals surface area contributed by atoms with Crippen LogP contribution in [0.3, 0.4) is 0 Å². The van der Waals surface area contributed by atoms with Crippen molar-refractivity contribution < 1.29 is 4.43 Å². The fourth-order valence-corrected chi connectivity index (χ4v) is 7.03. The molecule has 0 radical (unpaired) electrons. The molecule has 0 saturated carbocycles. The predicted molar refractivity (Wildman–Crippen MR) is 133 cm³/mol. The summed E-state index contributed by atoms with van der Waals surface area (Å²) in [7, 11) is -2.12. The van der Waals surface area contributed by atoms with Crippen LogP contribution in [-0.4, -0.2) is 43.9 Å².